The number of aromatic nitrogens is 2. The van der Waals surface area contributed by atoms with Crippen LogP contribution in [0, 0.1) is 0 Å². The third-order valence-corrected chi connectivity index (χ3v) is 5.19. The number of benzene rings is 1. The number of nitrogens with zero attached hydrogens (tertiary/aromatic N) is 2. The first kappa shape index (κ1) is 14.7. The summed E-state index contributed by atoms with van der Waals surface area (Å²) in [5, 5.41) is 0.745. The Balaban J connectivity index is 1.89. The van der Waals surface area contributed by atoms with Gasteiger partial charge < -0.3 is 9.30 Å². The Labute approximate surface area is 136 Å². The van der Waals surface area contributed by atoms with Crippen LogP contribution in [-0.4, -0.2) is 27.4 Å². The summed E-state index contributed by atoms with van der Waals surface area (Å²) < 4.78 is 8.21. The normalized spacial score (nSPS) is 18.0. The average molecular weight is 367 g/mol. The molecule has 1 aliphatic rings. The van der Waals surface area contributed by atoms with Crippen molar-refractivity contribution in [3.8, 4) is 11.3 Å². The fourth-order valence-corrected chi connectivity index (χ4v) is 3.69. The summed E-state index contributed by atoms with van der Waals surface area (Å²) in [6.07, 6.45) is 2.63. The Kier molecular flexibility index (Phi) is 4.35. The highest BCUT2D eigenvalue weighted by Gasteiger charge is 2.29. The van der Waals surface area contributed by atoms with E-state index in [0.29, 0.717) is 6.61 Å². The van der Waals surface area contributed by atoms with E-state index < -0.39 is 0 Å². The number of esters is 1. The van der Waals surface area contributed by atoms with Crippen LogP contribution in [0.15, 0.2) is 40.1 Å². The van der Waals surface area contributed by atoms with Crippen molar-refractivity contribution in [1.29, 1.82) is 0 Å². The second-order valence-electron chi connectivity index (χ2n) is 4.74. The smallest absolute Gasteiger partial charge is 0.319 e. The zero-order valence-corrected chi connectivity index (χ0v) is 14.0. The van der Waals surface area contributed by atoms with Crippen LogP contribution >= 0.6 is 27.7 Å². The number of carbonyl (C=O) groups is 1. The average Bonchev–Trinajstić information content (AvgIpc) is 3.07. The van der Waals surface area contributed by atoms with E-state index in [-0.39, 0.29) is 11.2 Å². The summed E-state index contributed by atoms with van der Waals surface area (Å²) in [6.45, 7) is 3.42. The predicted molar refractivity (Wildman–Crippen MR) is 86.3 cm³/mol. The first-order chi connectivity index (χ1) is 10.2. The zero-order chi connectivity index (χ0) is 14.8. The molecule has 3 rings (SSSR count). The van der Waals surface area contributed by atoms with Gasteiger partial charge in [0.1, 0.15) is 5.25 Å². The van der Waals surface area contributed by atoms with Crippen molar-refractivity contribution in [2.24, 2.45) is 0 Å². The van der Waals surface area contributed by atoms with Gasteiger partial charge in [0.2, 0.25) is 0 Å². The molecular formula is C15H15BrN2O2S. The van der Waals surface area contributed by atoms with Gasteiger partial charge in [0, 0.05) is 17.4 Å². The van der Waals surface area contributed by atoms with Gasteiger partial charge in [-0.3, -0.25) is 4.79 Å². The first-order valence-corrected chi connectivity index (χ1v) is 8.51. The molecular weight excluding hydrogens is 352 g/mol. The Hall–Kier alpha value is -1.27. The number of halogens is 1. The van der Waals surface area contributed by atoms with Gasteiger partial charge in [-0.15, -0.1) is 0 Å². The van der Waals surface area contributed by atoms with E-state index in [1.54, 1.807) is 0 Å². The summed E-state index contributed by atoms with van der Waals surface area (Å²) in [5.41, 5.74) is 2.19. The quantitative estimate of drug-likeness (QED) is 0.773. The maximum atomic E-state index is 11.6. The van der Waals surface area contributed by atoms with Gasteiger partial charge in [0.25, 0.3) is 0 Å². The zero-order valence-electron chi connectivity index (χ0n) is 11.6. The lowest BCUT2D eigenvalue weighted by molar-refractivity contribution is -0.137. The van der Waals surface area contributed by atoms with Crippen LogP contribution in [0.5, 0.6) is 0 Å². The Bertz CT molecular complexity index is 654. The number of carbonyl (C=O) groups excluding carboxylic acids is 1. The van der Waals surface area contributed by atoms with Gasteiger partial charge in [-0.05, 0) is 24.6 Å². The fourth-order valence-electron chi connectivity index (χ4n) is 2.32. The largest absolute Gasteiger partial charge is 0.465 e. The molecule has 0 unspecified atom stereocenters. The van der Waals surface area contributed by atoms with Crippen molar-refractivity contribution in [3.63, 3.8) is 0 Å². The van der Waals surface area contributed by atoms with Crippen molar-refractivity contribution in [3.05, 3.63) is 34.9 Å². The van der Waals surface area contributed by atoms with E-state index in [0.717, 1.165) is 33.9 Å². The van der Waals surface area contributed by atoms with Crippen LogP contribution in [-0.2, 0) is 16.1 Å². The van der Waals surface area contributed by atoms with Crippen LogP contribution in [0.4, 0.5) is 0 Å². The molecule has 1 fully saturated rings. The minimum absolute atomic E-state index is 0.129. The van der Waals surface area contributed by atoms with Crippen molar-refractivity contribution in [2.75, 3.05) is 6.61 Å². The molecule has 21 heavy (non-hydrogen) atoms. The highest BCUT2D eigenvalue weighted by Crippen LogP contribution is 2.32. The van der Waals surface area contributed by atoms with E-state index in [1.165, 1.54) is 11.8 Å². The summed E-state index contributed by atoms with van der Waals surface area (Å²) >= 11 is 4.94. The minimum atomic E-state index is -0.129. The Morgan fingerprint density at radius 1 is 1.43 bits per heavy atom. The molecule has 0 saturated carbocycles. The number of rotatable bonds is 4. The third kappa shape index (κ3) is 3.01. The highest BCUT2D eigenvalue weighted by molar-refractivity contribution is 9.10. The van der Waals surface area contributed by atoms with Gasteiger partial charge >= 0.3 is 5.97 Å². The number of imidazole rings is 1. The molecule has 0 aliphatic carbocycles. The molecule has 110 valence electrons. The van der Waals surface area contributed by atoms with Crippen molar-refractivity contribution in [1.82, 2.24) is 9.55 Å². The lowest BCUT2D eigenvalue weighted by Crippen LogP contribution is -2.11. The van der Waals surface area contributed by atoms with Gasteiger partial charge in [-0.1, -0.05) is 39.8 Å². The van der Waals surface area contributed by atoms with E-state index in [9.17, 15) is 4.79 Å². The van der Waals surface area contributed by atoms with Crippen LogP contribution in [0.25, 0.3) is 11.3 Å². The molecule has 6 heteroatoms. The molecule has 0 N–H and O–H groups in total. The van der Waals surface area contributed by atoms with Crippen LogP contribution in [0.1, 0.15) is 13.3 Å². The second kappa shape index (κ2) is 6.23. The molecule has 0 radical (unpaired) electrons. The van der Waals surface area contributed by atoms with Crippen molar-refractivity contribution < 1.29 is 9.53 Å². The topological polar surface area (TPSA) is 44.1 Å². The SMILES string of the molecule is CCn1c(-c2ccc(Br)cc2)cnc1S[C@@H]1CCOC1=O. The molecule has 4 nitrogen and oxygen atoms in total. The molecule has 0 spiro atoms. The molecule has 2 aromatic rings. The molecule has 1 aromatic heterocycles. The standard InChI is InChI=1S/C15H15BrN2O2S/c1-2-18-12(10-3-5-11(16)6-4-10)9-17-15(18)21-13-7-8-20-14(13)19/h3-6,9,13H,2,7-8H2,1H3/t13-/m1/s1. The van der Waals surface area contributed by atoms with Crippen molar-refractivity contribution in [2.45, 2.75) is 30.3 Å². The molecule has 0 amide bonds. The molecule has 2 heterocycles. The maximum absolute atomic E-state index is 11.6. The third-order valence-electron chi connectivity index (χ3n) is 3.41. The number of hydrogen-bond acceptors (Lipinski definition) is 4. The van der Waals surface area contributed by atoms with E-state index in [2.05, 4.69) is 44.5 Å². The summed E-state index contributed by atoms with van der Waals surface area (Å²) in [7, 11) is 0. The Morgan fingerprint density at radius 2 is 2.19 bits per heavy atom. The number of thioether (sulfide) groups is 1. The van der Waals surface area contributed by atoms with Crippen LogP contribution in [0.3, 0.4) is 0 Å². The molecule has 1 saturated heterocycles. The molecule has 0 bridgehead atoms. The number of cyclic esters (lactones) is 1. The number of ether oxygens (including phenoxy) is 1. The number of hydrogen-bond donors (Lipinski definition) is 0. The monoisotopic (exact) mass is 366 g/mol. The van der Waals surface area contributed by atoms with Gasteiger partial charge in [0.15, 0.2) is 5.16 Å². The predicted octanol–water partition coefficient (Wildman–Crippen LogP) is 3.74. The van der Waals surface area contributed by atoms with Crippen molar-refractivity contribution >= 4 is 33.7 Å². The summed E-state index contributed by atoms with van der Waals surface area (Å²) in [5.74, 6) is -0.129. The molecule has 1 aromatic carbocycles. The summed E-state index contributed by atoms with van der Waals surface area (Å²) in [6, 6.07) is 8.16. The summed E-state index contributed by atoms with van der Waals surface area (Å²) in [4.78, 5) is 16.1. The van der Waals surface area contributed by atoms with Gasteiger partial charge in [0.05, 0.1) is 18.5 Å². The maximum Gasteiger partial charge on any atom is 0.319 e. The molecule has 1 atom stereocenters. The van der Waals surface area contributed by atoms with Gasteiger partial charge in [-0.2, -0.15) is 0 Å². The minimum Gasteiger partial charge on any atom is -0.465 e. The second-order valence-corrected chi connectivity index (χ2v) is 6.83. The van der Waals surface area contributed by atoms with E-state index >= 15 is 0 Å². The lowest BCUT2D eigenvalue weighted by Gasteiger charge is -2.10. The highest BCUT2D eigenvalue weighted by atomic mass is 79.9. The molecule has 1 aliphatic heterocycles. The van der Waals surface area contributed by atoms with E-state index in [1.807, 2.05) is 18.3 Å². The first-order valence-electron chi connectivity index (χ1n) is 6.84. The van der Waals surface area contributed by atoms with Gasteiger partial charge in [-0.25, -0.2) is 4.98 Å². The van der Waals surface area contributed by atoms with Crippen LogP contribution < -0.4 is 0 Å². The fraction of sp³-hybridized carbons (Fsp3) is 0.333. The van der Waals surface area contributed by atoms with Crippen LogP contribution in [0.2, 0.25) is 0 Å². The Morgan fingerprint density at radius 3 is 2.81 bits per heavy atom. The van der Waals surface area contributed by atoms with E-state index in [4.69, 9.17) is 4.74 Å². The lowest BCUT2D eigenvalue weighted by atomic mass is 10.2.